The molecule has 0 radical (unpaired) electrons. The van der Waals surface area contributed by atoms with Gasteiger partial charge >= 0.3 is 0 Å². The van der Waals surface area contributed by atoms with E-state index in [1.54, 1.807) is 27.9 Å². The molecule has 10 heteroatoms. The number of hydrogen-bond donors (Lipinski definition) is 1. The van der Waals surface area contributed by atoms with Crippen LogP contribution in [-0.2, 0) is 11.3 Å². The van der Waals surface area contributed by atoms with Crippen LogP contribution in [0.1, 0.15) is 59.3 Å². The minimum atomic E-state index is -0.624. The summed E-state index contributed by atoms with van der Waals surface area (Å²) < 4.78 is 25.5. The van der Waals surface area contributed by atoms with Crippen molar-refractivity contribution in [3.63, 3.8) is 0 Å². The molecule has 0 bridgehead atoms. The molecule has 1 amide bonds. The van der Waals surface area contributed by atoms with E-state index in [0.717, 1.165) is 35.1 Å². The van der Waals surface area contributed by atoms with Crippen molar-refractivity contribution in [2.24, 2.45) is 0 Å². The van der Waals surface area contributed by atoms with Gasteiger partial charge in [-0.2, -0.15) is 5.10 Å². The predicted molar refractivity (Wildman–Crippen MR) is 142 cm³/mol. The minimum absolute atomic E-state index is 0.000884. The molecule has 3 aromatic heterocycles. The molecule has 2 aliphatic heterocycles. The number of halogens is 1. The molecular formula is C29H26FN7O2. The fourth-order valence-electron chi connectivity index (χ4n) is 6.17. The second-order valence-corrected chi connectivity index (χ2v) is 10.8. The number of imidazole rings is 1. The number of amides is 1. The lowest BCUT2D eigenvalue weighted by Crippen LogP contribution is -2.48. The lowest BCUT2D eigenvalue weighted by molar-refractivity contribution is -0.0571. The van der Waals surface area contributed by atoms with Crippen LogP contribution in [0.4, 0.5) is 10.2 Å². The van der Waals surface area contributed by atoms with E-state index in [1.807, 2.05) is 10.9 Å². The first kappa shape index (κ1) is 22.7. The van der Waals surface area contributed by atoms with Gasteiger partial charge in [-0.3, -0.25) is 13.9 Å². The molecule has 1 aliphatic carbocycles. The smallest absolute Gasteiger partial charge is 0.257 e. The van der Waals surface area contributed by atoms with E-state index in [1.165, 1.54) is 18.9 Å². The van der Waals surface area contributed by atoms with Crippen LogP contribution >= 0.6 is 0 Å². The summed E-state index contributed by atoms with van der Waals surface area (Å²) in [7, 11) is 0. The van der Waals surface area contributed by atoms with Gasteiger partial charge in [-0.25, -0.2) is 14.4 Å². The number of aromatic nitrogens is 5. The zero-order valence-corrected chi connectivity index (χ0v) is 21.1. The van der Waals surface area contributed by atoms with E-state index >= 15 is 4.39 Å². The summed E-state index contributed by atoms with van der Waals surface area (Å²) in [4.78, 5) is 24.2. The standard InChI is InChI=1S/C29H26FN7O2/c30-22-10-23-24(36-15-32-12-25(36)28(31)34-23)9-21(22)29(38)35-7-1-2-26-27(35)20-6-3-16(8-17(20)14-39-26)18-11-33-37(13-18)19-4-5-19/h3,6,8-13,15,19,26-27H,1-2,4-5,7,14H2,(H2,31,34)/t26-,27-/m0/s1. The van der Waals surface area contributed by atoms with Crippen LogP contribution in [0.2, 0.25) is 0 Å². The van der Waals surface area contributed by atoms with Crippen molar-refractivity contribution in [1.82, 2.24) is 29.0 Å². The van der Waals surface area contributed by atoms with Crippen molar-refractivity contribution in [2.45, 2.75) is 50.5 Å². The highest BCUT2D eigenvalue weighted by Gasteiger charge is 2.41. The Hall–Kier alpha value is -4.31. The van der Waals surface area contributed by atoms with Crippen molar-refractivity contribution < 1.29 is 13.9 Å². The van der Waals surface area contributed by atoms with Gasteiger partial charge in [0.25, 0.3) is 5.91 Å². The highest BCUT2D eigenvalue weighted by Crippen LogP contribution is 2.42. The number of ether oxygens (including phenoxy) is 1. The first-order valence-electron chi connectivity index (χ1n) is 13.4. The van der Waals surface area contributed by atoms with E-state index in [0.29, 0.717) is 35.7 Å². The van der Waals surface area contributed by atoms with Crippen molar-refractivity contribution >= 4 is 28.3 Å². The zero-order chi connectivity index (χ0) is 26.2. The van der Waals surface area contributed by atoms with Crippen LogP contribution in [0.3, 0.4) is 0 Å². The molecule has 2 atom stereocenters. The third-order valence-electron chi connectivity index (χ3n) is 8.30. The van der Waals surface area contributed by atoms with Crippen LogP contribution in [-0.4, -0.2) is 47.6 Å². The predicted octanol–water partition coefficient (Wildman–Crippen LogP) is 4.68. The Morgan fingerprint density at radius 1 is 1.08 bits per heavy atom. The Bertz CT molecular complexity index is 1790. The topological polar surface area (TPSA) is 104 Å². The molecular weight excluding hydrogens is 497 g/mol. The summed E-state index contributed by atoms with van der Waals surface area (Å²) in [6.45, 7) is 1.01. The van der Waals surface area contributed by atoms with Gasteiger partial charge < -0.3 is 15.4 Å². The summed E-state index contributed by atoms with van der Waals surface area (Å²) in [6, 6.07) is 9.40. The molecule has 5 aromatic rings. The fraction of sp³-hybridized carbons (Fsp3) is 0.310. The Morgan fingerprint density at radius 3 is 2.85 bits per heavy atom. The number of likely N-dealkylation sites (tertiary alicyclic amines) is 1. The average molecular weight is 524 g/mol. The van der Waals surface area contributed by atoms with E-state index in [9.17, 15) is 4.79 Å². The first-order chi connectivity index (χ1) is 19.0. The number of anilines is 1. The van der Waals surface area contributed by atoms with E-state index in [2.05, 4.69) is 39.5 Å². The van der Waals surface area contributed by atoms with Gasteiger partial charge in [-0.15, -0.1) is 0 Å². The molecule has 1 saturated carbocycles. The Balaban J connectivity index is 1.17. The molecule has 3 aliphatic rings. The SMILES string of the molecule is Nc1nc2cc(F)c(C(=O)N3CCC[C@@H]4OCc5cc(-c6cnn(C7CC7)c6)ccc5[C@@H]43)cc2n2cncc12. The lowest BCUT2D eigenvalue weighted by Gasteiger charge is -2.44. The number of piperidine rings is 1. The Labute approximate surface area is 223 Å². The Kier molecular flexibility index (Phi) is 4.85. The first-order valence-corrected chi connectivity index (χ1v) is 13.4. The van der Waals surface area contributed by atoms with Gasteiger partial charge in [0.2, 0.25) is 0 Å². The van der Waals surface area contributed by atoms with E-state index < -0.39 is 5.82 Å². The van der Waals surface area contributed by atoms with Crippen LogP contribution in [0.25, 0.3) is 27.7 Å². The summed E-state index contributed by atoms with van der Waals surface area (Å²) in [6.07, 6.45) is 11.1. The minimum Gasteiger partial charge on any atom is -0.382 e. The molecule has 2 aromatic carbocycles. The molecule has 0 unspecified atom stereocenters. The maximum atomic E-state index is 15.4. The fourth-order valence-corrected chi connectivity index (χ4v) is 6.17. The molecule has 9 nitrogen and oxygen atoms in total. The number of carbonyl (C=O) groups is 1. The van der Waals surface area contributed by atoms with Crippen molar-refractivity contribution in [3.05, 3.63) is 77.8 Å². The second kappa shape index (κ2) is 8.34. The van der Waals surface area contributed by atoms with E-state index in [-0.39, 0.29) is 29.4 Å². The van der Waals surface area contributed by atoms with Crippen LogP contribution < -0.4 is 5.73 Å². The number of nitrogens with zero attached hydrogens (tertiary/aromatic N) is 6. The highest BCUT2D eigenvalue weighted by atomic mass is 19.1. The zero-order valence-electron chi connectivity index (χ0n) is 21.1. The average Bonchev–Trinajstić information content (AvgIpc) is 3.46. The summed E-state index contributed by atoms with van der Waals surface area (Å²) >= 11 is 0. The number of rotatable bonds is 3. The maximum absolute atomic E-state index is 15.4. The summed E-state index contributed by atoms with van der Waals surface area (Å²) in [5.41, 5.74) is 11.8. The van der Waals surface area contributed by atoms with Gasteiger partial charge in [0.05, 0.1) is 60.1 Å². The number of carbonyl (C=O) groups excluding carboxylic acids is 1. The molecule has 8 rings (SSSR count). The van der Waals surface area contributed by atoms with Gasteiger partial charge in [0.1, 0.15) is 17.2 Å². The second-order valence-electron chi connectivity index (χ2n) is 10.8. The Morgan fingerprint density at radius 2 is 1.97 bits per heavy atom. The molecule has 196 valence electrons. The monoisotopic (exact) mass is 523 g/mol. The van der Waals surface area contributed by atoms with Gasteiger partial charge in [0.15, 0.2) is 0 Å². The molecule has 2 N–H and O–H groups in total. The van der Waals surface area contributed by atoms with Crippen LogP contribution in [0.5, 0.6) is 0 Å². The number of nitrogen functional groups attached to an aromatic ring is 1. The van der Waals surface area contributed by atoms with E-state index in [4.69, 9.17) is 10.5 Å². The largest absolute Gasteiger partial charge is 0.382 e. The lowest BCUT2D eigenvalue weighted by atomic mass is 9.85. The van der Waals surface area contributed by atoms with Crippen LogP contribution in [0.15, 0.2) is 55.2 Å². The summed E-state index contributed by atoms with van der Waals surface area (Å²) in [5.74, 6) is -0.728. The van der Waals surface area contributed by atoms with Crippen molar-refractivity contribution in [3.8, 4) is 11.1 Å². The number of nitrogens with two attached hydrogens (primary N) is 1. The molecule has 2 fully saturated rings. The normalized spacial score (nSPS) is 20.8. The molecule has 5 heterocycles. The third kappa shape index (κ3) is 3.55. The summed E-state index contributed by atoms with van der Waals surface area (Å²) in [5, 5.41) is 4.53. The van der Waals surface area contributed by atoms with Crippen molar-refractivity contribution in [1.29, 1.82) is 0 Å². The van der Waals surface area contributed by atoms with Gasteiger partial charge in [-0.1, -0.05) is 12.1 Å². The maximum Gasteiger partial charge on any atom is 0.257 e. The molecule has 0 spiro atoms. The number of fused-ring (bicyclic) bond motifs is 6. The van der Waals surface area contributed by atoms with Gasteiger partial charge in [0, 0.05) is 24.4 Å². The quantitative estimate of drug-likeness (QED) is 0.368. The number of hydrogen-bond acceptors (Lipinski definition) is 6. The third-order valence-corrected chi connectivity index (χ3v) is 8.30. The van der Waals surface area contributed by atoms with Gasteiger partial charge in [-0.05, 0) is 54.5 Å². The highest BCUT2D eigenvalue weighted by molar-refractivity contribution is 5.99. The molecule has 1 saturated heterocycles. The van der Waals surface area contributed by atoms with Crippen molar-refractivity contribution in [2.75, 3.05) is 12.3 Å². The number of benzene rings is 2. The molecule has 39 heavy (non-hydrogen) atoms. The van der Waals surface area contributed by atoms with Crippen LogP contribution in [0, 0.1) is 5.82 Å².